The summed E-state index contributed by atoms with van der Waals surface area (Å²) in [7, 11) is 0.411. The van der Waals surface area contributed by atoms with Gasteiger partial charge in [0.15, 0.2) is 0 Å². The lowest BCUT2D eigenvalue weighted by Gasteiger charge is -2.41. The molecule has 0 aromatic heterocycles. The fraction of sp³-hybridized carbons (Fsp3) is 1.00. The number of hydrogen-bond donors (Lipinski definition) is 0. The molecular formula is C14H28N2O4S. The molecule has 0 radical (unpaired) electrons. The van der Waals surface area contributed by atoms with Crippen molar-refractivity contribution in [1.82, 2.24) is 9.21 Å². The lowest BCUT2D eigenvalue weighted by Crippen LogP contribution is -2.46. The van der Waals surface area contributed by atoms with Crippen LogP contribution in [0.2, 0.25) is 0 Å². The molecule has 0 N–H and O–H groups in total. The minimum atomic E-state index is -3.06. The highest BCUT2D eigenvalue weighted by atomic mass is 32.2. The van der Waals surface area contributed by atoms with Crippen molar-refractivity contribution in [3.8, 4) is 0 Å². The number of piperidine rings is 1. The number of methoxy groups -OCH3 is 2. The van der Waals surface area contributed by atoms with Crippen LogP contribution in [0.25, 0.3) is 0 Å². The van der Waals surface area contributed by atoms with Crippen molar-refractivity contribution in [3.63, 3.8) is 0 Å². The zero-order valence-corrected chi connectivity index (χ0v) is 14.2. The minimum Gasteiger partial charge on any atom is -0.384 e. The van der Waals surface area contributed by atoms with E-state index in [9.17, 15) is 8.42 Å². The van der Waals surface area contributed by atoms with Gasteiger partial charge in [-0.05, 0) is 18.3 Å². The van der Waals surface area contributed by atoms with Crippen molar-refractivity contribution < 1.29 is 17.9 Å². The lowest BCUT2D eigenvalue weighted by molar-refractivity contribution is 0.0567. The van der Waals surface area contributed by atoms with Crippen LogP contribution in [-0.2, 0) is 19.5 Å². The van der Waals surface area contributed by atoms with Crippen molar-refractivity contribution in [2.24, 2.45) is 11.3 Å². The Balaban J connectivity index is 2.02. The first-order valence-electron chi connectivity index (χ1n) is 7.56. The highest BCUT2D eigenvalue weighted by Gasteiger charge is 2.48. The van der Waals surface area contributed by atoms with Crippen LogP contribution in [0.1, 0.15) is 12.8 Å². The number of rotatable bonds is 6. The maximum atomic E-state index is 11.7. The fourth-order valence-corrected chi connectivity index (χ4v) is 4.64. The number of likely N-dealkylation sites (tertiary alicyclic amines) is 1. The average Bonchev–Trinajstić information content (AvgIpc) is 2.74. The third-order valence-corrected chi connectivity index (χ3v) is 6.35. The largest absolute Gasteiger partial charge is 0.384 e. The van der Waals surface area contributed by atoms with Gasteiger partial charge >= 0.3 is 0 Å². The Kier molecular flexibility index (Phi) is 5.65. The van der Waals surface area contributed by atoms with Crippen LogP contribution < -0.4 is 0 Å². The van der Waals surface area contributed by atoms with E-state index >= 15 is 0 Å². The summed E-state index contributed by atoms with van der Waals surface area (Å²) in [6.07, 6.45) is 3.16. The van der Waals surface area contributed by atoms with E-state index in [1.165, 1.54) is 6.26 Å². The standard InChI is InChI=1S/C14H28N2O4S/c1-19-9-8-15-10-13(11-20-2)14(12-15)4-6-16(7-5-14)21(3,17)18/h13H,4-12H2,1-3H3/t13-/m0/s1. The molecule has 0 saturated carbocycles. The van der Waals surface area contributed by atoms with Gasteiger partial charge in [0.2, 0.25) is 10.0 Å². The third kappa shape index (κ3) is 3.96. The van der Waals surface area contributed by atoms with Gasteiger partial charge in [-0.1, -0.05) is 0 Å². The Morgan fingerprint density at radius 1 is 1.19 bits per heavy atom. The van der Waals surface area contributed by atoms with E-state index in [1.54, 1.807) is 18.5 Å². The molecule has 0 aromatic carbocycles. The second-order valence-electron chi connectivity index (χ2n) is 6.40. The molecule has 124 valence electrons. The molecule has 2 saturated heterocycles. The zero-order valence-electron chi connectivity index (χ0n) is 13.4. The highest BCUT2D eigenvalue weighted by molar-refractivity contribution is 7.88. The maximum absolute atomic E-state index is 11.7. The lowest BCUT2D eigenvalue weighted by atomic mass is 9.71. The number of ether oxygens (including phenoxy) is 2. The number of hydrogen-bond acceptors (Lipinski definition) is 5. The summed E-state index contributed by atoms with van der Waals surface area (Å²) in [6, 6.07) is 0. The summed E-state index contributed by atoms with van der Waals surface area (Å²) in [4.78, 5) is 2.43. The van der Waals surface area contributed by atoms with E-state index in [0.717, 1.165) is 45.7 Å². The Labute approximate surface area is 128 Å². The molecular weight excluding hydrogens is 292 g/mol. The monoisotopic (exact) mass is 320 g/mol. The van der Waals surface area contributed by atoms with Gasteiger partial charge in [-0.2, -0.15) is 0 Å². The minimum absolute atomic E-state index is 0.199. The molecule has 2 aliphatic heterocycles. The van der Waals surface area contributed by atoms with Crippen LogP contribution in [0, 0.1) is 11.3 Å². The average molecular weight is 320 g/mol. The number of sulfonamides is 1. The summed E-state index contributed by atoms with van der Waals surface area (Å²) in [6.45, 7) is 5.76. The summed E-state index contributed by atoms with van der Waals surface area (Å²) in [5.74, 6) is 0.487. The van der Waals surface area contributed by atoms with Crippen molar-refractivity contribution in [3.05, 3.63) is 0 Å². The van der Waals surface area contributed by atoms with Crippen molar-refractivity contribution in [2.45, 2.75) is 12.8 Å². The van der Waals surface area contributed by atoms with E-state index in [0.29, 0.717) is 19.0 Å². The van der Waals surface area contributed by atoms with Crippen molar-refractivity contribution in [1.29, 1.82) is 0 Å². The van der Waals surface area contributed by atoms with E-state index in [4.69, 9.17) is 9.47 Å². The SMILES string of the molecule is COCCN1C[C@@H](COC)C2(CCN(S(C)(=O)=O)CC2)C1. The Bertz CT molecular complexity index is 432. The van der Waals surface area contributed by atoms with Crippen molar-refractivity contribution >= 4 is 10.0 Å². The molecule has 2 heterocycles. The Morgan fingerprint density at radius 3 is 2.38 bits per heavy atom. The van der Waals surface area contributed by atoms with Gasteiger partial charge in [-0.25, -0.2) is 12.7 Å². The fourth-order valence-electron chi connectivity index (χ4n) is 3.80. The van der Waals surface area contributed by atoms with Crippen molar-refractivity contribution in [2.75, 3.05) is 66.4 Å². The molecule has 0 aliphatic carbocycles. The highest BCUT2D eigenvalue weighted by Crippen LogP contribution is 2.45. The van der Waals surface area contributed by atoms with Crippen LogP contribution in [0.15, 0.2) is 0 Å². The predicted molar refractivity (Wildman–Crippen MR) is 81.8 cm³/mol. The predicted octanol–water partition coefficient (Wildman–Crippen LogP) is 0.253. The normalized spacial score (nSPS) is 27.5. The molecule has 1 atom stereocenters. The zero-order chi connectivity index (χ0) is 15.5. The third-order valence-electron chi connectivity index (χ3n) is 5.05. The van der Waals surface area contributed by atoms with E-state index in [-0.39, 0.29) is 5.41 Å². The molecule has 21 heavy (non-hydrogen) atoms. The van der Waals surface area contributed by atoms with Crippen LogP contribution in [-0.4, -0.2) is 84.0 Å². The molecule has 2 rings (SSSR count). The topological polar surface area (TPSA) is 59.1 Å². The molecule has 0 amide bonds. The first-order valence-corrected chi connectivity index (χ1v) is 9.41. The van der Waals surface area contributed by atoms with Crippen LogP contribution in [0.3, 0.4) is 0 Å². The van der Waals surface area contributed by atoms with Crippen LogP contribution in [0.4, 0.5) is 0 Å². The Hall–Kier alpha value is -0.210. The summed E-state index contributed by atoms with van der Waals surface area (Å²) in [5.41, 5.74) is 0.199. The Morgan fingerprint density at radius 2 is 1.86 bits per heavy atom. The smallest absolute Gasteiger partial charge is 0.211 e. The molecule has 2 fully saturated rings. The van der Waals surface area contributed by atoms with Gasteiger partial charge in [0, 0.05) is 52.9 Å². The second kappa shape index (κ2) is 6.91. The van der Waals surface area contributed by atoms with E-state index in [1.807, 2.05) is 0 Å². The summed E-state index contributed by atoms with van der Waals surface area (Å²) < 4.78 is 35.6. The van der Waals surface area contributed by atoms with E-state index < -0.39 is 10.0 Å². The molecule has 0 aromatic rings. The van der Waals surface area contributed by atoms with Gasteiger partial charge in [0.1, 0.15) is 0 Å². The van der Waals surface area contributed by atoms with Gasteiger partial charge in [-0.3, -0.25) is 0 Å². The molecule has 1 spiro atoms. The van der Waals surface area contributed by atoms with Gasteiger partial charge in [0.25, 0.3) is 0 Å². The van der Waals surface area contributed by atoms with Gasteiger partial charge in [0.05, 0.1) is 19.5 Å². The van der Waals surface area contributed by atoms with Crippen LogP contribution in [0.5, 0.6) is 0 Å². The van der Waals surface area contributed by atoms with Crippen LogP contribution >= 0.6 is 0 Å². The number of nitrogens with zero attached hydrogens (tertiary/aromatic N) is 2. The first-order chi connectivity index (χ1) is 9.91. The van der Waals surface area contributed by atoms with Gasteiger partial charge in [-0.15, -0.1) is 0 Å². The quantitative estimate of drug-likeness (QED) is 0.702. The molecule has 7 heteroatoms. The summed E-state index contributed by atoms with van der Waals surface area (Å²) >= 11 is 0. The maximum Gasteiger partial charge on any atom is 0.211 e. The van der Waals surface area contributed by atoms with E-state index in [2.05, 4.69) is 4.90 Å². The molecule has 6 nitrogen and oxygen atoms in total. The second-order valence-corrected chi connectivity index (χ2v) is 8.39. The first kappa shape index (κ1) is 17.1. The molecule has 2 aliphatic rings. The molecule has 0 bridgehead atoms. The summed E-state index contributed by atoms with van der Waals surface area (Å²) in [5, 5.41) is 0. The van der Waals surface area contributed by atoms with Gasteiger partial charge < -0.3 is 14.4 Å². The molecule has 0 unspecified atom stereocenters.